The lowest BCUT2D eigenvalue weighted by atomic mass is 9.89. The molecule has 0 bridgehead atoms. The maximum atomic E-state index is 6.27. The first-order valence-electron chi connectivity index (χ1n) is 13.0. The van der Waals surface area contributed by atoms with Gasteiger partial charge in [0.1, 0.15) is 5.75 Å². The monoisotopic (exact) mass is 562 g/mol. The third-order valence-electron chi connectivity index (χ3n) is 7.12. The van der Waals surface area contributed by atoms with Gasteiger partial charge >= 0.3 is 0 Å². The fourth-order valence-electron chi connectivity index (χ4n) is 5.26. The minimum Gasteiger partial charge on any atom is -0.497 e. The molecule has 0 fully saturated rings. The average Bonchev–Trinajstić information content (AvgIpc) is 3.43. The van der Waals surface area contributed by atoms with E-state index in [2.05, 4.69) is 29.6 Å². The van der Waals surface area contributed by atoms with Gasteiger partial charge < -0.3 is 10.1 Å². The minimum absolute atomic E-state index is 0.127. The molecule has 198 valence electrons. The fraction of sp³-hybridized carbons (Fsp3) is 0.121. The van der Waals surface area contributed by atoms with Crippen LogP contribution in [0.4, 0.5) is 5.69 Å². The second kappa shape index (κ2) is 11.1. The van der Waals surface area contributed by atoms with E-state index in [1.807, 2.05) is 90.8 Å². The highest BCUT2D eigenvalue weighted by Gasteiger charge is 2.34. The molecular formula is C33H27ClN4OS. The van der Waals surface area contributed by atoms with Crippen molar-refractivity contribution in [3.05, 3.63) is 125 Å². The number of nitrogens with zero attached hydrogens (tertiary/aromatic N) is 3. The Labute approximate surface area is 244 Å². The van der Waals surface area contributed by atoms with E-state index in [1.165, 1.54) is 0 Å². The number of halogens is 1. The summed E-state index contributed by atoms with van der Waals surface area (Å²) in [6, 6.07) is 34.1. The summed E-state index contributed by atoms with van der Waals surface area (Å²) in [5, 5.41) is 12.7. The first-order chi connectivity index (χ1) is 19.5. The lowest BCUT2D eigenvalue weighted by Gasteiger charge is -2.25. The van der Waals surface area contributed by atoms with Crippen molar-refractivity contribution in [2.75, 3.05) is 12.4 Å². The Bertz CT molecular complexity index is 1740. The summed E-state index contributed by atoms with van der Waals surface area (Å²) in [5.74, 6) is 0.790. The van der Waals surface area contributed by atoms with Gasteiger partial charge in [-0.15, -0.1) is 0 Å². The van der Waals surface area contributed by atoms with Gasteiger partial charge in [0.05, 0.1) is 24.4 Å². The van der Waals surface area contributed by atoms with Crippen molar-refractivity contribution >= 4 is 51.2 Å². The Kier molecular flexibility index (Phi) is 7.20. The molecule has 1 atom stereocenters. The van der Waals surface area contributed by atoms with Crippen molar-refractivity contribution in [1.29, 1.82) is 0 Å². The summed E-state index contributed by atoms with van der Waals surface area (Å²) in [6.45, 7) is 2.05. The van der Waals surface area contributed by atoms with E-state index in [1.54, 1.807) is 7.11 Å². The molecule has 0 radical (unpaired) electrons. The molecule has 0 saturated heterocycles. The Hall–Kier alpha value is -4.26. The van der Waals surface area contributed by atoms with Gasteiger partial charge in [0, 0.05) is 39.3 Å². The first-order valence-corrected chi connectivity index (χ1v) is 13.8. The summed E-state index contributed by atoms with van der Waals surface area (Å²) in [6.07, 6.45) is 0.644. The van der Waals surface area contributed by atoms with E-state index < -0.39 is 0 Å². The smallest absolute Gasteiger partial charge is 0.194 e. The molecule has 5 nitrogen and oxygen atoms in total. The van der Waals surface area contributed by atoms with Gasteiger partial charge in [-0.2, -0.15) is 5.10 Å². The summed E-state index contributed by atoms with van der Waals surface area (Å²) < 4.78 is 5.55. The number of aromatic nitrogens is 1. The predicted octanol–water partition coefficient (Wildman–Crippen LogP) is 8.42. The molecule has 0 aliphatic carbocycles. The number of aryl methyl sites for hydroxylation is 1. The number of fused-ring (bicyclic) bond motifs is 1. The summed E-state index contributed by atoms with van der Waals surface area (Å²) >= 11 is 12.2. The zero-order valence-corrected chi connectivity index (χ0v) is 23.7. The van der Waals surface area contributed by atoms with Crippen LogP contribution >= 0.6 is 23.8 Å². The van der Waals surface area contributed by atoms with Crippen LogP contribution in [0.25, 0.3) is 22.0 Å². The number of benzene rings is 4. The molecule has 1 N–H and O–H groups in total. The molecule has 2 heterocycles. The number of nitrogens with one attached hydrogen (secondary N) is 1. The Balaban J connectivity index is 1.51. The van der Waals surface area contributed by atoms with Crippen molar-refractivity contribution < 1.29 is 4.74 Å². The largest absolute Gasteiger partial charge is 0.497 e. The van der Waals surface area contributed by atoms with Crippen LogP contribution in [0.3, 0.4) is 0 Å². The fourth-order valence-corrected chi connectivity index (χ4v) is 5.68. The van der Waals surface area contributed by atoms with Crippen molar-refractivity contribution in [2.45, 2.75) is 19.4 Å². The van der Waals surface area contributed by atoms with E-state index in [9.17, 15) is 0 Å². The van der Waals surface area contributed by atoms with Crippen LogP contribution < -0.4 is 10.1 Å². The van der Waals surface area contributed by atoms with Gasteiger partial charge in [-0.3, -0.25) is 4.98 Å². The minimum atomic E-state index is -0.127. The zero-order valence-electron chi connectivity index (χ0n) is 22.1. The van der Waals surface area contributed by atoms with Crippen molar-refractivity contribution in [1.82, 2.24) is 9.99 Å². The molecule has 5 aromatic rings. The SMILES string of the molecule is COc1cccc([C@@H]2CC(c3c(C)nc4ccccc4c3-c3ccc(Cl)cc3)=NN2C(=S)Nc2ccccc2)c1. The predicted molar refractivity (Wildman–Crippen MR) is 168 cm³/mol. The molecule has 0 unspecified atom stereocenters. The number of rotatable bonds is 5. The quantitative estimate of drug-likeness (QED) is 0.218. The van der Waals surface area contributed by atoms with E-state index in [0.717, 1.165) is 56.0 Å². The molecule has 1 aliphatic heterocycles. The average molecular weight is 563 g/mol. The van der Waals surface area contributed by atoms with Crippen LogP contribution in [-0.4, -0.2) is 27.9 Å². The van der Waals surface area contributed by atoms with Crippen LogP contribution in [-0.2, 0) is 0 Å². The van der Waals surface area contributed by atoms with Crippen molar-refractivity contribution in [2.24, 2.45) is 5.10 Å². The van der Waals surface area contributed by atoms with Gasteiger partial charge in [0.25, 0.3) is 0 Å². The van der Waals surface area contributed by atoms with Crippen LogP contribution in [0.15, 0.2) is 108 Å². The standard InChI is InChI=1S/C33H27ClN4OS/c1-21-31(32(22-15-17-24(34)18-16-22)27-13-6-7-14-28(27)35-21)29-20-30(23-9-8-12-26(19-23)39-2)38(37-29)33(40)36-25-10-4-3-5-11-25/h3-19,30H,20H2,1-2H3,(H,36,40)/t30-/m0/s1. The number of methoxy groups -OCH3 is 1. The van der Waals surface area contributed by atoms with Crippen LogP contribution in [0.2, 0.25) is 5.02 Å². The van der Waals surface area contributed by atoms with Crippen molar-refractivity contribution in [3.63, 3.8) is 0 Å². The first kappa shape index (κ1) is 26.0. The molecule has 0 amide bonds. The topological polar surface area (TPSA) is 49.8 Å². The lowest BCUT2D eigenvalue weighted by Crippen LogP contribution is -2.31. The van der Waals surface area contributed by atoms with Crippen LogP contribution in [0.5, 0.6) is 5.75 Å². The highest BCUT2D eigenvalue weighted by molar-refractivity contribution is 7.80. The Morgan fingerprint density at radius 2 is 1.68 bits per heavy atom. The molecule has 1 aliphatic rings. The number of para-hydroxylation sites is 2. The number of thiocarbonyl (C=S) groups is 1. The third kappa shape index (κ3) is 5.04. The molecule has 0 spiro atoms. The van der Waals surface area contributed by atoms with Gasteiger partial charge in [-0.05, 0) is 72.7 Å². The molecule has 1 aromatic heterocycles. The highest BCUT2D eigenvalue weighted by atomic mass is 35.5. The molecule has 0 saturated carbocycles. The van der Waals surface area contributed by atoms with Gasteiger partial charge in [-0.1, -0.05) is 72.3 Å². The molecule has 40 heavy (non-hydrogen) atoms. The van der Waals surface area contributed by atoms with E-state index in [4.69, 9.17) is 38.6 Å². The van der Waals surface area contributed by atoms with Crippen molar-refractivity contribution in [3.8, 4) is 16.9 Å². The lowest BCUT2D eigenvalue weighted by molar-refractivity contribution is 0.371. The normalized spacial score (nSPS) is 14.7. The van der Waals surface area contributed by atoms with E-state index in [-0.39, 0.29) is 6.04 Å². The highest BCUT2D eigenvalue weighted by Crippen LogP contribution is 2.40. The molecule has 4 aromatic carbocycles. The van der Waals surface area contributed by atoms with Gasteiger partial charge in [0.2, 0.25) is 0 Å². The Morgan fingerprint density at radius 3 is 2.45 bits per heavy atom. The summed E-state index contributed by atoms with van der Waals surface area (Å²) in [7, 11) is 1.68. The van der Waals surface area contributed by atoms with E-state index >= 15 is 0 Å². The summed E-state index contributed by atoms with van der Waals surface area (Å²) in [5.41, 5.74) is 7.91. The Morgan fingerprint density at radius 1 is 0.925 bits per heavy atom. The maximum absolute atomic E-state index is 6.27. The number of pyridine rings is 1. The number of hydrogen-bond donors (Lipinski definition) is 1. The number of hydrazone groups is 1. The zero-order chi connectivity index (χ0) is 27.6. The van der Waals surface area contributed by atoms with Gasteiger partial charge in [-0.25, -0.2) is 5.01 Å². The molecule has 7 heteroatoms. The number of anilines is 1. The summed E-state index contributed by atoms with van der Waals surface area (Å²) in [4.78, 5) is 4.99. The van der Waals surface area contributed by atoms with Crippen LogP contribution in [0, 0.1) is 6.92 Å². The maximum Gasteiger partial charge on any atom is 0.194 e. The van der Waals surface area contributed by atoms with E-state index in [0.29, 0.717) is 16.6 Å². The van der Waals surface area contributed by atoms with Crippen LogP contribution in [0.1, 0.15) is 29.3 Å². The second-order valence-electron chi connectivity index (χ2n) is 9.66. The second-order valence-corrected chi connectivity index (χ2v) is 10.5. The number of ether oxygens (including phenoxy) is 1. The number of hydrogen-bond acceptors (Lipinski definition) is 4. The van der Waals surface area contributed by atoms with Gasteiger partial charge in [0.15, 0.2) is 5.11 Å². The third-order valence-corrected chi connectivity index (χ3v) is 7.66. The molecule has 6 rings (SSSR count). The molecular weight excluding hydrogens is 536 g/mol.